The van der Waals surface area contributed by atoms with E-state index >= 15 is 0 Å². The van der Waals surface area contributed by atoms with E-state index in [2.05, 4.69) is 5.32 Å². The van der Waals surface area contributed by atoms with Crippen LogP contribution in [-0.2, 0) is 16.0 Å². The Morgan fingerprint density at radius 2 is 1.70 bits per heavy atom. The van der Waals surface area contributed by atoms with E-state index in [1.54, 1.807) is 29.2 Å². The average Bonchev–Trinajstić information content (AvgIpc) is 3.21. The lowest BCUT2D eigenvalue weighted by molar-refractivity contribution is -0.140. The third-order valence-corrected chi connectivity index (χ3v) is 8.08. The maximum Gasteiger partial charge on any atom is 0.243 e. The normalized spacial score (nSPS) is 35.4. The molecule has 1 aromatic carbocycles. The van der Waals surface area contributed by atoms with Crippen molar-refractivity contribution in [2.75, 3.05) is 6.54 Å². The molecule has 1 aliphatic heterocycles. The Hall–Kier alpha value is -2.08. The van der Waals surface area contributed by atoms with Gasteiger partial charge in [-0.3, -0.25) is 9.59 Å². The number of hydrogen-bond acceptors (Lipinski definition) is 4. The van der Waals surface area contributed by atoms with Crippen LogP contribution in [0, 0.1) is 23.7 Å². The van der Waals surface area contributed by atoms with Crippen LogP contribution in [-0.4, -0.2) is 46.5 Å². The number of phenols is 1. The predicted octanol–water partition coefficient (Wildman–Crippen LogP) is 2.19. The highest BCUT2D eigenvalue weighted by atomic mass is 16.3. The van der Waals surface area contributed by atoms with E-state index in [0.29, 0.717) is 30.8 Å². The van der Waals surface area contributed by atoms with Crippen LogP contribution in [0.15, 0.2) is 24.3 Å². The van der Waals surface area contributed by atoms with E-state index < -0.39 is 6.04 Å². The van der Waals surface area contributed by atoms with Crippen LogP contribution >= 0.6 is 0 Å². The van der Waals surface area contributed by atoms with Crippen molar-refractivity contribution < 1.29 is 14.7 Å². The van der Waals surface area contributed by atoms with Gasteiger partial charge in [-0.2, -0.15) is 0 Å². The first-order chi connectivity index (χ1) is 14.5. The molecule has 0 aromatic heterocycles. The molecule has 1 heterocycles. The fourth-order valence-corrected chi connectivity index (χ4v) is 6.91. The smallest absolute Gasteiger partial charge is 0.243 e. The molecule has 4 bridgehead atoms. The van der Waals surface area contributed by atoms with Gasteiger partial charge >= 0.3 is 0 Å². The molecule has 2 amide bonds. The summed E-state index contributed by atoms with van der Waals surface area (Å²) in [5.41, 5.74) is 7.13. The van der Waals surface area contributed by atoms with Gasteiger partial charge in [0.1, 0.15) is 11.8 Å². The lowest BCUT2D eigenvalue weighted by Gasteiger charge is -2.54. The van der Waals surface area contributed by atoms with Crippen molar-refractivity contribution in [3.8, 4) is 5.75 Å². The minimum atomic E-state index is -0.677. The number of likely N-dealkylation sites (tertiary alicyclic amines) is 1. The number of rotatable bonds is 5. The largest absolute Gasteiger partial charge is 0.508 e. The highest BCUT2D eigenvalue weighted by Gasteiger charge is 2.49. The number of benzene rings is 1. The summed E-state index contributed by atoms with van der Waals surface area (Å²) in [6, 6.07) is 6.00. The first-order valence-electron chi connectivity index (χ1n) is 11.6. The highest BCUT2D eigenvalue weighted by molar-refractivity contribution is 5.90. The minimum Gasteiger partial charge on any atom is -0.508 e. The molecule has 6 heteroatoms. The van der Waals surface area contributed by atoms with Crippen molar-refractivity contribution in [2.24, 2.45) is 29.4 Å². The topological polar surface area (TPSA) is 95.7 Å². The van der Waals surface area contributed by atoms with Crippen molar-refractivity contribution in [3.05, 3.63) is 29.8 Å². The van der Waals surface area contributed by atoms with Crippen LogP contribution in [0.25, 0.3) is 0 Å². The molecule has 4 aliphatic carbocycles. The third kappa shape index (κ3) is 3.70. The molecule has 6 nitrogen and oxygen atoms in total. The molecule has 0 radical (unpaired) electrons. The van der Waals surface area contributed by atoms with Crippen molar-refractivity contribution >= 4 is 11.8 Å². The van der Waals surface area contributed by atoms with Crippen LogP contribution in [0.1, 0.15) is 50.5 Å². The molecule has 0 unspecified atom stereocenters. The Morgan fingerprint density at radius 3 is 2.33 bits per heavy atom. The second-order valence-electron chi connectivity index (χ2n) is 10.1. The number of nitrogens with one attached hydrogen (secondary N) is 1. The van der Waals surface area contributed by atoms with Gasteiger partial charge in [0.05, 0.1) is 6.04 Å². The SMILES string of the molecule is N[C@@H](Cc1ccc(O)cc1)C(=O)N1CCC[C@@H]1C(=O)NC1C2CC3CC(C2)CC1C3. The minimum absolute atomic E-state index is 0.0233. The molecular formula is C24H33N3O3. The number of nitrogens with zero attached hydrogens (tertiary/aromatic N) is 1. The Balaban J connectivity index is 1.21. The lowest BCUT2D eigenvalue weighted by atomic mass is 9.54. The number of aromatic hydroxyl groups is 1. The standard InChI is InChI=1S/C24H33N3O3/c25-20(13-14-3-5-19(28)6-4-14)24(30)27-7-1-2-21(27)23(29)26-22-17-9-15-8-16(11-17)12-18(22)10-15/h3-6,15-18,20-22,28H,1-2,7-13,25H2,(H,26,29)/t15?,16?,17?,18?,20-,21+,22?/m0/s1. The molecule has 162 valence electrons. The molecule has 5 fully saturated rings. The van der Waals surface area contributed by atoms with Crippen molar-refractivity contribution in [1.82, 2.24) is 10.2 Å². The number of amides is 2. The molecule has 6 rings (SSSR count). The number of carbonyl (C=O) groups excluding carboxylic acids is 2. The Bertz CT molecular complexity index is 780. The van der Waals surface area contributed by atoms with Crippen LogP contribution in [0.2, 0.25) is 0 Å². The van der Waals surface area contributed by atoms with Gasteiger partial charge in [0.15, 0.2) is 0 Å². The number of nitrogens with two attached hydrogens (primary N) is 1. The van der Waals surface area contributed by atoms with E-state index in [0.717, 1.165) is 30.2 Å². The molecule has 1 aromatic rings. The van der Waals surface area contributed by atoms with Crippen LogP contribution in [0.4, 0.5) is 0 Å². The summed E-state index contributed by atoms with van der Waals surface area (Å²) in [6.07, 6.45) is 8.43. The van der Waals surface area contributed by atoms with E-state index in [4.69, 9.17) is 5.73 Å². The van der Waals surface area contributed by atoms with E-state index in [1.807, 2.05) is 0 Å². The van der Waals surface area contributed by atoms with E-state index in [1.165, 1.54) is 32.1 Å². The summed E-state index contributed by atoms with van der Waals surface area (Å²) in [4.78, 5) is 27.9. The first kappa shape index (κ1) is 19.9. The van der Waals surface area contributed by atoms with Gasteiger partial charge in [0.25, 0.3) is 0 Å². The van der Waals surface area contributed by atoms with Crippen molar-refractivity contribution in [1.29, 1.82) is 0 Å². The summed E-state index contributed by atoms with van der Waals surface area (Å²) in [5.74, 6) is 3.09. The van der Waals surface area contributed by atoms with Gasteiger partial charge in [-0.25, -0.2) is 0 Å². The molecule has 4 N–H and O–H groups in total. The summed E-state index contributed by atoms with van der Waals surface area (Å²) >= 11 is 0. The quantitative estimate of drug-likeness (QED) is 0.692. The summed E-state index contributed by atoms with van der Waals surface area (Å²) < 4.78 is 0. The maximum atomic E-state index is 13.2. The number of carbonyl (C=O) groups is 2. The zero-order chi connectivity index (χ0) is 20.8. The monoisotopic (exact) mass is 411 g/mol. The van der Waals surface area contributed by atoms with Crippen LogP contribution in [0.3, 0.4) is 0 Å². The van der Waals surface area contributed by atoms with Gasteiger partial charge in [-0.1, -0.05) is 12.1 Å². The third-order valence-electron chi connectivity index (χ3n) is 8.08. The lowest BCUT2D eigenvalue weighted by Crippen LogP contribution is -2.59. The fourth-order valence-electron chi connectivity index (χ4n) is 6.91. The molecule has 30 heavy (non-hydrogen) atoms. The van der Waals surface area contributed by atoms with E-state index in [9.17, 15) is 14.7 Å². The van der Waals surface area contributed by atoms with Gasteiger partial charge in [-0.15, -0.1) is 0 Å². The summed E-state index contributed by atoms with van der Waals surface area (Å²) in [7, 11) is 0. The molecule has 2 atom stereocenters. The van der Waals surface area contributed by atoms with Gasteiger partial charge in [0, 0.05) is 12.6 Å². The fraction of sp³-hybridized carbons (Fsp3) is 0.667. The number of phenolic OH excluding ortho intramolecular Hbond substituents is 1. The summed E-state index contributed by atoms with van der Waals surface area (Å²) in [5, 5.41) is 12.8. The average molecular weight is 412 g/mol. The number of hydrogen-bond donors (Lipinski definition) is 3. The van der Waals surface area contributed by atoms with Gasteiger partial charge in [-0.05, 0) is 92.7 Å². The molecule has 0 spiro atoms. The second-order valence-corrected chi connectivity index (χ2v) is 10.1. The van der Waals surface area contributed by atoms with Crippen LogP contribution in [0.5, 0.6) is 5.75 Å². The first-order valence-corrected chi connectivity index (χ1v) is 11.6. The molecular weight excluding hydrogens is 378 g/mol. The zero-order valence-electron chi connectivity index (χ0n) is 17.5. The molecule has 5 aliphatic rings. The Morgan fingerprint density at radius 1 is 1.07 bits per heavy atom. The van der Waals surface area contributed by atoms with Crippen molar-refractivity contribution in [2.45, 2.75) is 69.5 Å². The van der Waals surface area contributed by atoms with Crippen molar-refractivity contribution in [3.63, 3.8) is 0 Å². The van der Waals surface area contributed by atoms with Gasteiger partial charge in [0.2, 0.25) is 11.8 Å². The van der Waals surface area contributed by atoms with Crippen LogP contribution < -0.4 is 11.1 Å². The van der Waals surface area contributed by atoms with E-state index in [-0.39, 0.29) is 23.6 Å². The predicted molar refractivity (Wildman–Crippen MR) is 113 cm³/mol. The Labute approximate surface area is 178 Å². The zero-order valence-corrected chi connectivity index (χ0v) is 17.5. The highest BCUT2D eigenvalue weighted by Crippen LogP contribution is 2.53. The molecule has 4 saturated carbocycles. The Kier molecular flexibility index (Phi) is 5.21. The summed E-state index contributed by atoms with van der Waals surface area (Å²) in [6.45, 7) is 0.599. The molecule has 1 saturated heterocycles. The maximum absolute atomic E-state index is 13.2. The second kappa shape index (κ2) is 7.88. The van der Waals surface area contributed by atoms with Gasteiger partial charge < -0.3 is 21.1 Å².